The van der Waals surface area contributed by atoms with Crippen molar-refractivity contribution in [2.75, 3.05) is 53.4 Å². The Morgan fingerprint density at radius 2 is 1.86 bits per heavy atom. The van der Waals surface area contributed by atoms with Gasteiger partial charge in [-0.15, -0.1) is 0 Å². The Hall–Kier alpha value is -0.650. The summed E-state index contributed by atoms with van der Waals surface area (Å²) in [6.45, 7) is 8.11. The third-order valence-corrected chi connectivity index (χ3v) is 5.23. The molecule has 0 aromatic rings. The van der Waals surface area contributed by atoms with Crippen LogP contribution in [0.2, 0.25) is 0 Å². The standard InChI is InChI=1S/C16H32N4O/c1-13-14(5-4-6-15(13)17)16(21)20-11-9-19(10-12-20)8-7-18(2)3/h13-15H,4-12,17H2,1-3H3. The number of nitrogens with zero attached hydrogens (tertiary/aromatic N) is 3. The van der Waals surface area contributed by atoms with Crippen molar-refractivity contribution in [2.45, 2.75) is 32.2 Å². The monoisotopic (exact) mass is 296 g/mol. The zero-order valence-electron chi connectivity index (χ0n) is 13.9. The minimum atomic E-state index is 0.155. The second-order valence-electron chi connectivity index (χ2n) is 7.03. The number of rotatable bonds is 4. The zero-order valence-corrected chi connectivity index (χ0v) is 13.9. The highest BCUT2D eigenvalue weighted by Crippen LogP contribution is 2.30. The van der Waals surface area contributed by atoms with E-state index in [0.29, 0.717) is 11.8 Å². The summed E-state index contributed by atoms with van der Waals surface area (Å²) in [6.07, 6.45) is 3.20. The number of amides is 1. The SMILES string of the molecule is CC1C(N)CCCC1C(=O)N1CCN(CCN(C)C)CC1. The lowest BCUT2D eigenvalue weighted by Crippen LogP contribution is -2.53. The van der Waals surface area contributed by atoms with Crippen LogP contribution in [0.15, 0.2) is 0 Å². The van der Waals surface area contributed by atoms with Gasteiger partial charge in [-0.25, -0.2) is 0 Å². The van der Waals surface area contributed by atoms with Crippen LogP contribution >= 0.6 is 0 Å². The summed E-state index contributed by atoms with van der Waals surface area (Å²) in [5.41, 5.74) is 6.14. The molecule has 2 N–H and O–H groups in total. The fourth-order valence-electron chi connectivity index (χ4n) is 3.51. The Labute approximate surface area is 129 Å². The molecule has 3 unspecified atom stereocenters. The summed E-state index contributed by atoms with van der Waals surface area (Å²) in [4.78, 5) is 19.5. The molecule has 1 heterocycles. The molecule has 1 amide bonds. The van der Waals surface area contributed by atoms with Gasteiger partial charge in [0.2, 0.25) is 5.91 Å². The maximum absolute atomic E-state index is 12.7. The van der Waals surface area contributed by atoms with Gasteiger partial charge >= 0.3 is 0 Å². The smallest absolute Gasteiger partial charge is 0.226 e. The summed E-state index contributed by atoms with van der Waals surface area (Å²) < 4.78 is 0. The van der Waals surface area contributed by atoms with E-state index in [0.717, 1.165) is 58.5 Å². The van der Waals surface area contributed by atoms with Crippen molar-refractivity contribution < 1.29 is 4.79 Å². The highest BCUT2D eigenvalue weighted by atomic mass is 16.2. The number of piperazine rings is 1. The van der Waals surface area contributed by atoms with Crippen LogP contribution in [0.5, 0.6) is 0 Å². The van der Waals surface area contributed by atoms with E-state index >= 15 is 0 Å². The largest absolute Gasteiger partial charge is 0.340 e. The third-order valence-electron chi connectivity index (χ3n) is 5.23. The van der Waals surface area contributed by atoms with Crippen LogP contribution in [0.4, 0.5) is 0 Å². The van der Waals surface area contributed by atoms with E-state index in [1.54, 1.807) is 0 Å². The van der Waals surface area contributed by atoms with Gasteiger partial charge in [-0.3, -0.25) is 9.69 Å². The molecule has 2 fully saturated rings. The van der Waals surface area contributed by atoms with Crippen molar-refractivity contribution in [1.82, 2.24) is 14.7 Å². The lowest BCUT2D eigenvalue weighted by atomic mass is 9.76. The minimum Gasteiger partial charge on any atom is -0.340 e. The van der Waals surface area contributed by atoms with Crippen LogP contribution in [-0.2, 0) is 4.79 Å². The van der Waals surface area contributed by atoms with E-state index in [-0.39, 0.29) is 12.0 Å². The number of hydrogen-bond acceptors (Lipinski definition) is 4. The Bertz CT molecular complexity index is 339. The van der Waals surface area contributed by atoms with Gasteiger partial charge in [0.15, 0.2) is 0 Å². The van der Waals surface area contributed by atoms with Crippen molar-refractivity contribution >= 4 is 5.91 Å². The molecule has 1 aliphatic carbocycles. The first-order valence-electron chi connectivity index (χ1n) is 8.40. The summed E-state index contributed by atoms with van der Waals surface area (Å²) in [7, 11) is 4.21. The number of hydrogen-bond donors (Lipinski definition) is 1. The van der Waals surface area contributed by atoms with E-state index in [2.05, 4.69) is 35.7 Å². The quantitative estimate of drug-likeness (QED) is 0.819. The van der Waals surface area contributed by atoms with Crippen molar-refractivity contribution in [1.29, 1.82) is 0 Å². The molecular formula is C16H32N4O. The summed E-state index contributed by atoms with van der Waals surface area (Å²) in [6, 6.07) is 0.203. The molecule has 5 nitrogen and oxygen atoms in total. The third kappa shape index (κ3) is 4.41. The first-order chi connectivity index (χ1) is 9.99. The van der Waals surface area contributed by atoms with Crippen LogP contribution in [-0.4, -0.2) is 80.0 Å². The van der Waals surface area contributed by atoms with Gasteiger partial charge in [-0.1, -0.05) is 13.3 Å². The van der Waals surface area contributed by atoms with Gasteiger partial charge < -0.3 is 15.5 Å². The average Bonchev–Trinajstić information content (AvgIpc) is 2.48. The zero-order chi connectivity index (χ0) is 15.4. The molecule has 1 saturated carbocycles. The molecule has 122 valence electrons. The van der Waals surface area contributed by atoms with Crippen molar-refractivity contribution in [3.05, 3.63) is 0 Å². The summed E-state index contributed by atoms with van der Waals surface area (Å²) in [5.74, 6) is 0.838. The Kier molecular flexibility index (Phi) is 6.02. The normalized spacial score (nSPS) is 31.7. The highest BCUT2D eigenvalue weighted by Gasteiger charge is 2.35. The first kappa shape index (κ1) is 16.7. The van der Waals surface area contributed by atoms with Crippen molar-refractivity contribution in [3.8, 4) is 0 Å². The Morgan fingerprint density at radius 1 is 1.19 bits per heavy atom. The molecule has 0 aromatic heterocycles. The number of carbonyl (C=O) groups is 1. The van der Waals surface area contributed by atoms with E-state index in [1.807, 2.05) is 0 Å². The minimum absolute atomic E-state index is 0.155. The molecule has 2 rings (SSSR count). The van der Waals surface area contributed by atoms with Crippen LogP contribution in [0.25, 0.3) is 0 Å². The second kappa shape index (κ2) is 7.56. The topological polar surface area (TPSA) is 52.8 Å². The van der Waals surface area contributed by atoms with E-state index in [9.17, 15) is 4.79 Å². The highest BCUT2D eigenvalue weighted by molar-refractivity contribution is 5.79. The molecular weight excluding hydrogens is 264 g/mol. The fourth-order valence-corrected chi connectivity index (χ4v) is 3.51. The molecule has 3 atom stereocenters. The van der Waals surface area contributed by atoms with Gasteiger partial charge in [-0.2, -0.15) is 0 Å². The molecule has 0 bridgehead atoms. The van der Waals surface area contributed by atoms with Crippen LogP contribution in [0.1, 0.15) is 26.2 Å². The van der Waals surface area contributed by atoms with Gasteiger partial charge in [-0.05, 0) is 32.9 Å². The Balaban J connectivity index is 1.80. The van der Waals surface area contributed by atoms with E-state index in [4.69, 9.17) is 5.73 Å². The second-order valence-corrected chi connectivity index (χ2v) is 7.03. The van der Waals surface area contributed by atoms with Gasteiger partial charge in [0, 0.05) is 51.2 Å². The predicted molar refractivity (Wildman–Crippen MR) is 86.1 cm³/mol. The van der Waals surface area contributed by atoms with E-state index in [1.165, 1.54) is 0 Å². The molecule has 21 heavy (non-hydrogen) atoms. The number of likely N-dealkylation sites (N-methyl/N-ethyl adjacent to an activating group) is 1. The lowest BCUT2D eigenvalue weighted by Gasteiger charge is -2.40. The van der Waals surface area contributed by atoms with Crippen LogP contribution < -0.4 is 5.73 Å². The predicted octanol–water partition coefficient (Wildman–Crippen LogP) is 0.456. The fraction of sp³-hybridized carbons (Fsp3) is 0.938. The van der Waals surface area contributed by atoms with Gasteiger partial charge in [0.25, 0.3) is 0 Å². The molecule has 0 radical (unpaired) electrons. The molecule has 1 aliphatic heterocycles. The first-order valence-corrected chi connectivity index (χ1v) is 8.40. The molecule has 1 saturated heterocycles. The molecule has 0 aromatic carbocycles. The lowest BCUT2D eigenvalue weighted by molar-refractivity contribution is -0.140. The summed E-state index contributed by atoms with van der Waals surface area (Å²) >= 11 is 0. The summed E-state index contributed by atoms with van der Waals surface area (Å²) in [5, 5.41) is 0. The van der Waals surface area contributed by atoms with Crippen LogP contribution in [0, 0.1) is 11.8 Å². The number of nitrogens with two attached hydrogens (primary N) is 1. The molecule has 5 heteroatoms. The Morgan fingerprint density at radius 3 is 2.48 bits per heavy atom. The number of carbonyl (C=O) groups excluding carboxylic acids is 1. The maximum atomic E-state index is 12.7. The van der Waals surface area contributed by atoms with Gasteiger partial charge in [0.1, 0.15) is 0 Å². The molecule has 0 spiro atoms. The van der Waals surface area contributed by atoms with Crippen molar-refractivity contribution in [3.63, 3.8) is 0 Å². The van der Waals surface area contributed by atoms with E-state index < -0.39 is 0 Å². The van der Waals surface area contributed by atoms with Crippen molar-refractivity contribution in [2.24, 2.45) is 17.6 Å². The molecule has 2 aliphatic rings. The van der Waals surface area contributed by atoms with Gasteiger partial charge in [0.05, 0.1) is 0 Å². The maximum Gasteiger partial charge on any atom is 0.226 e. The average molecular weight is 296 g/mol. The van der Waals surface area contributed by atoms with Crippen LogP contribution in [0.3, 0.4) is 0 Å².